The van der Waals surface area contributed by atoms with Gasteiger partial charge in [0.05, 0.1) is 22.9 Å². The molecule has 0 fully saturated rings. The molecule has 7 heteroatoms. The van der Waals surface area contributed by atoms with E-state index in [9.17, 15) is 5.26 Å². The zero-order valence-corrected chi connectivity index (χ0v) is 12.7. The molecule has 0 radical (unpaired) electrons. The van der Waals surface area contributed by atoms with Crippen LogP contribution >= 0.6 is 11.3 Å². The summed E-state index contributed by atoms with van der Waals surface area (Å²) in [5, 5.41) is 18.7. The van der Waals surface area contributed by atoms with Crippen LogP contribution in [0.5, 0.6) is 5.88 Å². The average molecular weight is 321 g/mol. The van der Waals surface area contributed by atoms with Crippen LogP contribution < -0.4 is 10.5 Å². The van der Waals surface area contributed by atoms with Crippen LogP contribution in [-0.4, -0.2) is 15.2 Å². The van der Waals surface area contributed by atoms with Crippen molar-refractivity contribution in [2.24, 2.45) is 5.73 Å². The second-order valence-electron chi connectivity index (χ2n) is 4.97. The number of fused-ring (bicyclic) bond motifs is 1. The van der Waals surface area contributed by atoms with Crippen molar-refractivity contribution in [1.82, 2.24) is 15.2 Å². The fraction of sp³-hybridized carbons (Fsp3) is 0.0625. The van der Waals surface area contributed by atoms with Crippen molar-refractivity contribution >= 4 is 11.3 Å². The standard InChI is InChI=1S/C16H11N5OS/c17-8-9-12(11-5-3-7-23-11)13-14(10-4-1-2-6-19-10)20-21-16(13)22-15(9)18/h1-7,12H,18H2,(H,20,21). The lowest BCUT2D eigenvalue weighted by molar-refractivity contribution is 0.379. The Balaban J connectivity index is 1.96. The highest BCUT2D eigenvalue weighted by Gasteiger charge is 2.36. The minimum atomic E-state index is -0.306. The Morgan fingerprint density at radius 1 is 1.30 bits per heavy atom. The fourth-order valence-corrected chi connectivity index (χ4v) is 3.53. The number of pyridine rings is 1. The maximum Gasteiger partial charge on any atom is 0.244 e. The van der Waals surface area contributed by atoms with Crippen LogP contribution in [0.2, 0.25) is 0 Å². The lowest BCUT2D eigenvalue weighted by Gasteiger charge is -2.22. The Kier molecular flexibility index (Phi) is 3.10. The van der Waals surface area contributed by atoms with Gasteiger partial charge in [-0.05, 0) is 23.6 Å². The monoisotopic (exact) mass is 321 g/mol. The molecule has 0 spiro atoms. The SMILES string of the molecule is N#CC1=C(N)Oc2n[nH]c(-c3ccccn3)c2C1c1cccs1. The number of allylic oxidation sites excluding steroid dienone is 1. The number of nitrogens with zero attached hydrogens (tertiary/aromatic N) is 3. The molecule has 4 rings (SSSR count). The lowest BCUT2D eigenvalue weighted by atomic mass is 9.88. The van der Waals surface area contributed by atoms with E-state index < -0.39 is 0 Å². The summed E-state index contributed by atoms with van der Waals surface area (Å²) in [6, 6.07) is 11.7. The van der Waals surface area contributed by atoms with E-state index in [2.05, 4.69) is 21.3 Å². The molecule has 1 atom stereocenters. The van der Waals surface area contributed by atoms with E-state index in [1.165, 1.54) is 0 Å². The number of H-pyrrole nitrogens is 1. The molecule has 0 aliphatic carbocycles. The van der Waals surface area contributed by atoms with Crippen LogP contribution in [0.25, 0.3) is 11.4 Å². The molecular formula is C16H11N5OS. The molecule has 23 heavy (non-hydrogen) atoms. The number of hydrogen-bond acceptors (Lipinski definition) is 6. The van der Waals surface area contributed by atoms with E-state index in [1.807, 2.05) is 35.7 Å². The predicted molar refractivity (Wildman–Crippen MR) is 85.4 cm³/mol. The minimum absolute atomic E-state index is 0.0949. The van der Waals surface area contributed by atoms with Gasteiger partial charge in [-0.3, -0.25) is 10.1 Å². The molecule has 3 aromatic heterocycles. The molecule has 0 saturated heterocycles. The summed E-state index contributed by atoms with van der Waals surface area (Å²) >= 11 is 1.56. The number of thiophene rings is 1. The maximum absolute atomic E-state index is 9.55. The Hall–Kier alpha value is -3.11. The summed E-state index contributed by atoms with van der Waals surface area (Å²) in [7, 11) is 0. The average Bonchev–Trinajstić information content (AvgIpc) is 3.24. The summed E-state index contributed by atoms with van der Waals surface area (Å²) in [6.45, 7) is 0. The van der Waals surface area contributed by atoms with Gasteiger partial charge in [0.25, 0.3) is 0 Å². The number of rotatable bonds is 2. The second-order valence-corrected chi connectivity index (χ2v) is 5.95. The van der Waals surface area contributed by atoms with Crippen LogP contribution in [-0.2, 0) is 0 Å². The number of aromatic amines is 1. The van der Waals surface area contributed by atoms with Crippen molar-refractivity contribution in [2.75, 3.05) is 0 Å². The van der Waals surface area contributed by atoms with Gasteiger partial charge in [0.1, 0.15) is 11.6 Å². The third-order valence-electron chi connectivity index (χ3n) is 3.69. The molecule has 4 heterocycles. The van der Waals surface area contributed by atoms with E-state index in [4.69, 9.17) is 10.5 Å². The van der Waals surface area contributed by atoms with Crippen molar-refractivity contribution in [3.05, 3.63) is 63.8 Å². The molecule has 1 aliphatic rings. The summed E-state index contributed by atoms with van der Waals surface area (Å²) in [5.41, 5.74) is 8.57. The molecule has 0 saturated carbocycles. The third kappa shape index (κ3) is 2.08. The number of nitrogens with two attached hydrogens (primary N) is 1. The highest BCUT2D eigenvalue weighted by molar-refractivity contribution is 7.10. The smallest absolute Gasteiger partial charge is 0.244 e. The molecule has 112 valence electrons. The van der Waals surface area contributed by atoms with Crippen LogP contribution in [0.1, 0.15) is 16.4 Å². The molecule has 6 nitrogen and oxygen atoms in total. The normalized spacial score (nSPS) is 16.6. The molecule has 0 amide bonds. The minimum Gasteiger partial charge on any atom is -0.420 e. The van der Waals surface area contributed by atoms with Crippen LogP contribution in [0.3, 0.4) is 0 Å². The van der Waals surface area contributed by atoms with Gasteiger partial charge in [-0.2, -0.15) is 5.26 Å². The number of hydrogen-bond donors (Lipinski definition) is 2. The van der Waals surface area contributed by atoms with E-state index >= 15 is 0 Å². The van der Waals surface area contributed by atoms with Gasteiger partial charge in [-0.1, -0.05) is 12.1 Å². The van der Waals surface area contributed by atoms with Gasteiger partial charge in [-0.25, -0.2) is 0 Å². The van der Waals surface area contributed by atoms with Gasteiger partial charge >= 0.3 is 0 Å². The summed E-state index contributed by atoms with van der Waals surface area (Å²) in [6.07, 6.45) is 1.71. The Bertz CT molecular complexity index is 921. The first-order chi connectivity index (χ1) is 11.3. The van der Waals surface area contributed by atoms with Gasteiger partial charge in [-0.15, -0.1) is 16.4 Å². The quantitative estimate of drug-likeness (QED) is 0.756. The van der Waals surface area contributed by atoms with Crippen molar-refractivity contribution in [1.29, 1.82) is 5.26 Å². The van der Waals surface area contributed by atoms with E-state index in [0.717, 1.165) is 21.8 Å². The first-order valence-corrected chi connectivity index (χ1v) is 7.78. The van der Waals surface area contributed by atoms with E-state index in [1.54, 1.807) is 17.5 Å². The van der Waals surface area contributed by atoms with Gasteiger partial charge in [0.15, 0.2) is 0 Å². The molecule has 3 N–H and O–H groups in total. The summed E-state index contributed by atoms with van der Waals surface area (Å²) in [5.74, 6) is 0.178. The number of aromatic nitrogens is 3. The van der Waals surface area contributed by atoms with Crippen LogP contribution in [0, 0.1) is 11.3 Å². The predicted octanol–water partition coefficient (Wildman–Crippen LogP) is 2.75. The summed E-state index contributed by atoms with van der Waals surface area (Å²) < 4.78 is 5.54. The van der Waals surface area contributed by atoms with Crippen molar-refractivity contribution in [3.8, 4) is 23.3 Å². The molecule has 0 aromatic carbocycles. The lowest BCUT2D eigenvalue weighted by Crippen LogP contribution is -2.20. The highest BCUT2D eigenvalue weighted by atomic mass is 32.1. The van der Waals surface area contributed by atoms with Crippen molar-refractivity contribution in [3.63, 3.8) is 0 Å². The topological polar surface area (TPSA) is 101 Å². The number of ether oxygens (including phenoxy) is 1. The Morgan fingerprint density at radius 3 is 2.91 bits per heavy atom. The molecule has 0 bridgehead atoms. The van der Waals surface area contributed by atoms with Gasteiger partial charge in [0.2, 0.25) is 11.8 Å². The van der Waals surface area contributed by atoms with Gasteiger partial charge in [0, 0.05) is 11.1 Å². The first-order valence-electron chi connectivity index (χ1n) is 6.90. The van der Waals surface area contributed by atoms with Crippen molar-refractivity contribution in [2.45, 2.75) is 5.92 Å². The zero-order valence-electron chi connectivity index (χ0n) is 11.9. The summed E-state index contributed by atoms with van der Waals surface area (Å²) in [4.78, 5) is 5.37. The maximum atomic E-state index is 9.55. The van der Waals surface area contributed by atoms with Crippen molar-refractivity contribution < 1.29 is 4.74 Å². The number of nitrogens with one attached hydrogen (secondary N) is 1. The largest absolute Gasteiger partial charge is 0.420 e. The number of nitriles is 1. The second kappa shape index (κ2) is 5.26. The highest BCUT2D eigenvalue weighted by Crippen LogP contribution is 2.46. The zero-order chi connectivity index (χ0) is 15.8. The van der Waals surface area contributed by atoms with Gasteiger partial charge < -0.3 is 10.5 Å². The van der Waals surface area contributed by atoms with Crippen LogP contribution in [0.4, 0.5) is 0 Å². The molecular weight excluding hydrogens is 310 g/mol. The fourth-order valence-electron chi connectivity index (χ4n) is 2.69. The Labute approximate surface area is 135 Å². The first kappa shape index (κ1) is 13.5. The third-order valence-corrected chi connectivity index (χ3v) is 4.62. The molecule has 3 aromatic rings. The van der Waals surface area contributed by atoms with E-state index in [0.29, 0.717) is 11.5 Å². The molecule has 1 aliphatic heterocycles. The Morgan fingerprint density at radius 2 is 2.22 bits per heavy atom. The van der Waals surface area contributed by atoms with E-state index in [-0.39, 0.29) is 11.8 Å². The molecule has 1 unspecified atom stereocenters. The van der Waals surface area contributed by atoms with Crippen LogP contribution in [0.15, 0.2) is 53.4 Å².